The van der Waals surface area contributed by atoms with Crippen molar-refractivity contribution in [3.8, 4) is 0 Å². The average molecular weight is 800 g/mol. The molecule has 6 aliphatic rings. The van der Waals surface area contributed by atoms with E-state index in [2.05, 4.69) is 36.7 Å². The van der Waals surface area contributed by atoms with Crippen molar-refractivity contribution in [2.75, 3.05) is 58.9 Å². The number of nitrogens with one attached hydrogen (secondary N) is 1. The number of rotatable bonds is 9. The van der Waals surface area contributed by atoms with E-state index in [1.54, 1.807) is 0 Å². The van der Waals surface area contributed by atoms with Crippen molar-refractivity contribution in [3.63, 3.8) is 0 Å². The van der Waals surface area contributed by atoms with Crippen LogP contribution in [0.15, 0.2) is 0 Å². The first kappa shape index (κ1) is 43.0. The first-order valence-electron chi connectivity index (χ1n) is 21.3. The summed E-state index contributed by atoms with van der Waals surface area (Å²) < 4.78 is 0. The van der Waals surface area contributed by atoms with Gasteiger partial charge in [-0.15, -0.1) is 0 Å². The normalized spacial score (nSPS) is 41.6. The van der Waals surface area contributed by atoms with Crippen LogP contribution in [0.1, 0.15) is 136 Å². The Kier molecular flexibility index (Phi) is 18.5. The van der Waals surface area contributed by atoms with Crippen molar-refractivity contribution in [1.29, 1.82) is 0 Å². The van der Waals surface area contributed by atoms with Crippen LogP contribution < -0.4 is 5.32 Å². The van der Waals surface area contributed by atoms with Crippen molar-refractivity contribution in [2.45, 2.75) is 154 Å². The molecule has 6 fully saturated rings. The van der Waals surface area contributed by atoms with E-state index < -0.39 is 0 Å². The second kappa shape index (κ2) is 21.9. The second-order valence-corrected chi connectivity index (χ2v) is 19.9. The van der Waals surface area contributed by atoms with Gasteiger partial charge in [0.05, 0.1) is 6.10 Å². The summed E-state index contributed by atoms with van der Waals surface area (Å²) in [6.07, 6.45) is 22.0. The van der Waals surface area contributed by atoms with Crippen LogP contribution in [0.2, 0.25) is 0 Å². The molecule has 12 atom stereocenters. The van der Waals surface area contributed by atoms with Crippen LogP contribution in [-0.4, -0.2) is 88.2 Å². The molecule has 0 aromatic heterocycles. The summed E-state index contributed by atoms with van der Waals surface area (Å²) in [7, 11) is 9.59. The third-order valence-corrected chi connectivity index (χ3v) is 15.2. The Morgan fingerprint density at radius 3 is 2.18 bits per heavy atom. The van der Waals surface area contributed by atoms with Gasteiger partial charge in [0.1, 0.15) is 0 Å². The van der Waals surface area contributed by atoms with Crippen molar-refractivity contribution < 1.29 is 23.9 Å². The number of fused-ring (bicyclic) bond motifs is 6. The maximum absolute atomic E-state index is 10.4. The van der Waals surface area contributed by atoms with E-state index in [1.165, 1.54) is 89.9 Å². The zero-order valence-electron chi connectivity index (χ0n) is 32.5. The Labute approximate surface area is 334 Å². The number of aliphatic hydroxyl groups is 1. The molecule has 0 aromatic rings. The Balaban J connectivity index is 0.00000209. The molecule has 2 unspecified atom stereocenters. The molecule has 1 saturated heterocycles. The average Bonchev–Trinajstić information content (AvgIpc) is 3.48. The van der Waals surface area contributed by atoms with Gasteiger partial charge in [0.25, 0.3) is 0 Å². The molecule has 0 amide bonds. The molecular weight excluding hydrogens is 718 g/mol. The smallest absolute Gasteiger partial charge is 0 e. The number of hydrogen-bond acceptors (Lipinski definition) is 2. The van der Waals surface area contributed by atoms with E-state index in [0.29, 0.717) is 29.0 Å². The minimum atomic E-state index is -0.0320. The van der Waals surface area contributed by atoms with Crippen molar-refractivity contribution in [1.82, 2.24) is 5.32 Å². The van der Waals surface area contributed by atoms with E-state index in [-0.39, 0.29) is 24.9 Å². The standard InChI is InChI=1S/C41H73N6O.2ClH.Mn.4H2/c1-30(35-14-15-36-34-13-12-31-28-33(48)16-18-40(31,2)37(34)17-19-41(35,36)3)8-6-20-42-21-7-9-32-29-47-39-11-5-4-10-38(39)46-27-25-44-23-22-43-24-26-45-32;;;;;;;/h30-39,42,48H,4-29H2,1-3H3;2*1H;;4*1H/q-5;;;+2;;;;/p-2/t30-,31+,32-,33+,34-,35+,36?,37?,38+,39+,40-,41+;;;;;;;/m0......./s1. The van der Waals surface area contributed by atoms with Gasteiger partial charge in [-0.05, 0) is 136 Å². The first-order valence-corrected chi connectivity index (χ1v) is 24.6. The summed E-state index contributed by atoms with van der Waals surface area (Å²) >= 11 is 0.00694. The molecule has 0 spiro atoms. The van der Waals surface area contributed by atoms with Crippen molar-refractivity contribution in [2.24, 2.45) is 46.3 Å². The Hall–Kier alpha value is 0.819. The van der Waals surface area contributed by atoms with Crippen LogP contribution in [0.3, 0.4) is 0 Å². The van der Waals surface area contributed by atoms with Gasteiger partial charge in [-0.2, -0.15) is 63.9 Å². The van der Waals surface area contributed by atoms with Gasteiger partial charge in [-0.1, -0.05) is 52.9 Å². The molecule has 2 N–H and O–H groups in total. The van der Waals surface area contributed by atoms with Gasteiger partial charge in [-0.3, -0.25) is 0 Å². The van der Waals surface area contributed by atoms with Crippen LogP contribution in [0.5, 0.6) is 0 Å². The molecule has 0 aromatic carbocycles. The first-order chi connectivity index (χ1) is 24.8. The topological polar surface area (TPSA) is 103 Å². The predicted molar refractivity (Wildman–Crippen MR) is 223 cm³/mol. The monoisotopic (exact) mass is 799 g/mol. The van der Waals surface area contributed by atoms with Gasteiger partial charge in [0, 0.05) is 5.71 Å². The van der Waals surface area contributed by atoms with E-state index in [0.717, 1.165) is 114 Å². The maximum atomic E-state index is 10.4. The zero-order chi connectivity index (χ0) is 36.1. The fourth-order valence-electron chi connectivity index (χ4n) is 12.5. The predicted octanol–water partition coefficient (Wildman–Crippen LogP) is 11.7. The molecule has 1 heterocycles. The zero-order valence-corrected chi connectivity index (χ0v) is 35.2. The summed E-state index contributed by atoms with van der Waals surface area (Å²) in [5, 5.41) is 38.8. The molecule has 6 rings (SSSR count). The van der Waals surface area contributed by atoms with E-state index in [9.17, 15) is 5.11 Å². The summed E-state index contributed by atoms with van der Waals surface area (Å²) in [6, 6.07) is 1.12. The summed E-state index contributed by atoms with van der Waals surface area (Å²) in [6.45, 7) is 16.1. The number of aliphatic hydroxyl groups excluding tert-OH is 1. The number of halogens is 2. The Morgan fingerprint density at radius 1 is 0.765 bits per heavy atom. The quantitative estimate of drug-likeness (QED) is 0.179. The summed E-state index contributed by atoms with van der Waals surface area (Å²) in [4.78, 5) is 0. The molecule has 0 bridgehead atoms. The number of nitrogens with zero attached hydrogens (tertiary/aromatic N) is 5. The minimum absolute atomic E-state index is 0. The molecule has 5 saturated carbocycles. The van der Waals surface area contributed by atoms with Gasteiger partial charge in [0.2, 0.25) is 0 Å². The minimum Gasteiger partial charge on any atom is 0 e. The van der Waals surface area contributed by atoms with E-state index >= 15 is 0 Å². The largest absolute Gasteiger partial charge is 0 e. The maximum Gasteiger partial charge on any atom is 0 e. The summed E-state index contributed by atoms with van der Waals surface area (Å²) in [5.74, 6) is 5.31. The van der Waals surface area contributed by atoms with Crippen LogP contribution >= 0.6 is 20.2 Å². The molecule has 307 valence electrons. The van der Waals surface area contributed by atoms with Gasteiger partial charge < -0.3 is 37.0 Å². The van der Waals surface area contributed by atoms with Gasteiger partial charge in [0.15, 0.2) is 0 Å². The molecule has 51 heavy (non-hydrogen) atoms. The van der Waals surface area contributed by atoms with E-state index in [1.807, 2.05) is 0 Å². The Morgan fingerprint density at radius 2 is 1.41 bits per heavy atom. The summed E-state index contributed by atoms with van der Waals surface area (Å²) in [5.41, 5.74) is 1.05. The molecule has 1 aliphatic heterocycles. The molecular formula is C41H81Cl2MnN6O-5. The van der Waals surface area contributed by atoms with Crippen LogP contribution in [0.4, 0.5) is 0 Å². The van der Waals surface area contributed by atoms with E-state index in [4.69, 9.17) is 36.1 Å². The van der Waals surface area contributed by atoms with Crippen LogP contribution in [0, 0.1) is 46.3 Å². The fraction of sp³-hybridized carbons (Fsp3) is 1.00. The molecule has 0 radical (unpaired) electrons. The molecule has 7 nitrogen and oxygen atoms in total. The fourth-order valence-corrected chi connectivity index (χ4v) is 12.5. The molecule has 5 aliphatic carbocycles. The van der Waals surface area contributed by atoms with Crippen LogP contribution in [0.25, 0.3) is 26.6 Å². The van der Waals surface area contributed by atoms with Crippen molar-refractivity contribution >= 4 is 20.2 Å². The number of hydrogen-bond donors (Lipinski definition) is 2. The molecule has 10 heteroatoms. The third-order valence-electron chi connectivity index (χ3n) is 15.2. The SMILES string of the molecule is C[C@@H](CCCNCCC[C@H]1C[N-][C@@H]2CCCC[C@H]2[N-]CC[N-]CC[N-]CC[N-]1)[C@H]1CCC2[C@@H]3CC[C@@H]4C[C@H](O)CC[C@]4(C)C3CC[C@@]21C.[Cl][Mn][Cl].[HH].[HH].[HH].[HH]. The van der Waals surface area contributed by atoms with Crippen LogP contribution in [-0.2, 0) is 13.1 Å². The second-order valence-electron chi connectivity index (χ2n) is 18.0. The third kappa shape index (κ3) is 11.7. The van der Waals surface area contributed by atoms with Gasteiger partial charge in [-0.25, -0.2) is 0 Å². The van der Waals surface area contributed by atoms with Crippen molar-refractivity contribution in [3.05, 3.63) is 26.6 Å². The Bertz CT molecular complexity index is 1010. The van der Waals surface area contributed by atoms with Gasteiger partial charge >= 0.3 is 33.3 Å².